The predicted molar refractivity (Wildman–Crippen MR) is 221 cm³/mol. The van der Waals surface area contributed by atoms with Crippen molar-refractivity contribution in [1.82, 2.24) is 26.6 Å². The third-order valence-corrected chi connectivity index (χ3v) is 10.1. The Hall–Kier alpha value is -3.48. The number of carboxylic acid groups (broad SMARTS) is 1. The number of amides is 5. The molecule has 312 valence electrons. The van der Waals surface area contributed by atoms with Gasteiger partial charge in [0, 0.05) is 10.0 Å². The number of benzene rings is 1. The number of halogens is 1. The second kappa shape index (κ2) is 19.6. The maximum atomic E-state index is 14.6. The van der Waals surface area contributed by atoms with Crippen LogP contribution in [0, 0.1) is 29.6 Å². The molecule has 5 atom stereocenters. The molecular weight excluding hydrogens is 766 g/mol. The normalized spacial score (nSPS) is 17.3. The van der Waals surface area contributed by atoms with Crippen LogP contribution in [0.5, 0.6) is 0 Å². The van der Waals surface area contributed by atoms with Gasteiger partial charge >= 0.3 is 5.97 Å². The SMILES string of the molecule is CC(C)C[C@](C)(NC(=O)[C@](C)(CC(C)C)NC(=O)[C@](C)(CC(C)C)NC(=O)[C@](C)(CC(C)C)NC(=O)[C@](C)(CC(C)C)NC(=O)c1ccc(Br)cc1)C(=O)O. The highest BCUT2D eigenvalue weighted by Crippen LogP contribution is 2.28. The van der Waals surface area contributed by atoms with Gasteiger partial charge in [-0.05, 0) is 121 Å². The Morgan fingerprint density at radius 1 is 0.473 bits per heavy atom. The molecule has 0 saturated carbocycles. The van der Waals surface area contributed by atoms with Gasteiger partial charge in [0.25, 0.3) is 5.91 Å². The summed E-state index contributed by atoms with van der Waals surface area (Å²) >= 11 is 3.38. The zero-order valence-corrected chi connectivity index (χ0v) is 37.6. The number of carboxylic acids is 1. The van der Waals surface area contributed by atoms with Gasteiger partial charge in [-0.2, -0.15) is 0 Å². The average molecular weight is 837 g/mol. The molecule has 1 rings (SSSR count). The molecule has 0 fully saturated rings. The van der Waals surface area contributed by atoms with E-state index in [-0.39, 0.29) is 61.7 Å². The number of aliphatic carboxylic acids is 1. The van der Waals surface area contributed by atoms with E-state index < -0.39 is 63.2 Å². The molecule has 0 saturated heterocycles. The van der Waals surface area contributed by atoms with Gasteiger partial charge in [0.2, 0.25) is 23.6 Å². The van der Waals surface area contributed by atoms with Crippen LogP contribution in [0.15, 0.2) is 28.7 Å². The summed E-state index contributed by atoms with van der Waals surface area (Å²) in [6.45, 7) is 26.9. The minimum absolute atomic E-state index is 0.000247. The molecule has 0 bridgehead atoms. The highest BCUT2D eigenvalue weighted by molar-refractivity contribution is 9.10. The largest absolute Gasteiger partial charge is 0.480 e. The van der Waals surface area contributed by atoms with Gasteiger partial charge in [0.05, 0.1) is 0 Å². The van der Waals surface area contributed by atoms with E-state index in [1.54, 1.807) is 52.0 Å². The first-order valence-electron chi connectivity index (χ1n) is 19.5. The van der Waals surface area contributed by atoms with Gasteiger partial charge in [-0.3, -0.25) is 24.0 Å². The Kier molecular flexibility index (Phi) is 17.6. The van der Waals surface area contributed by atoms with Gasteiger partial charge in [-0.25, -0.2) is 4.79 Å². The van der Waals surface area contributed by atoms with Crippen LogP contribution in [0.1, 0.15) is 146 Å². The highest BCUT2D eigenvalue weighted by atomic mass is 79.9. The van der Waals surface area contributed by atoms with E-state index >= 15 is 0 Å². The van der Waals surface area contributed by atoms with Gasteiger partial charge < -0.3 is 31.7 Å². The Labute approximate surface area is 338 Å². The number of hydrogen-bond acceptors (Lipinski definition) is 6. The number of carbonyl (C=O) groups excluding carboxylic acids is 5. The number of rotatable bonds is 21. The Morgan fingerprint density at radius 3 is 0.964 bits per heavy atom. The first-order valence-corrected chi connectivity index (χ1v) is 20.3. The summed E-state index contributed by atoms with van der Waals surface area (Å²) in [6, 6.07) is 6.77. The minimum Gasteiger partial charge on any atom is -0.480 e. The van der Waals surface area contributed by atoms with E-state index in [4.69, 9.17) is 0 Å². The minimum atomic E-state index is -1.58. The summed E-state index contributed by atoms with van der Waals surface area (Å²) in [4.78, 5) is 83.1. The third kappa shape index (κ3) is 14.5. The molecule has 1 aromatic rings. The molecule has 0 aliphatic heterocycles. The number of nitrogens with one attached hydrogen (secondary N) is 5. The molecule has 0 unspecified atom stereocenters. The van der Waals surface area contributed by atoms with E-state index in [0.29, 0.717) is 5.56 Å². The molecule has 0 aliphatic rings. The number of hydrogen-bond donors (Lipinski definition) is 6. The zero-order valence-electron chi connectivity index (χ0n) is 36.0. The number of carbonyl (C=O) groups is 6. The van der Waals surface area contributed by atoms with Crippen LogP contribution < -0.4 is 26.6 Å². The van der Waals surface area contributed by atoms with Crippen molar-refractivity contribution in [2.45, 2.75) is 164 Å². The molecule has 13 heteroatoms. The lowest BCUT2D eigenvalue weighted by Gasteiger charge is -2.42. The Bertz CT molecular complexity index is 1530. The van der Waals surface area contributed by atoms with E-state index in [0.717, 1.165) is 4.47 Å². The molecule has 0 aliphatic carbocycles. The van der Waals surface area contributed by atoms with Crippen molar-refractivity contribution in [2.24, 2.45) is 29.6 Å². The van der Waals surface area contributed by atoms with Crippen molar-refractivity contribution in [3.05, 3.63) is 34.3 Å². The predicted octanol–water partition coefficient (Wildman–Crippen LogP) is 6.75. The summed E-state index contributed by atoms with van der Waals surface area (Å²) in [5, 5.41) is 24.6. The summed E-state index contributed by atoms with van der Waals surface area (Å²) < 4.78 is 0.802. The van der Waals surface area contributed by atoms with Crippen molar-refractivity contribution in [1.29, 1.82) is 0 Å². The molecule has 0 heterocycles. The van der Waals surface area contributed by atoms with Gasteiger partial charge in [0.1, 0.15) is 27.7 Å². The first kappa shape index (κ1) is 49.5. The average Bonchev–Trinajstić information content (AvgIpc) is 2.98. The maximum absolute atomic E-state index is 14.6. The van der Waals surface area contributed by atoms with Gasteiger partial charge in [-0.1, -0.05) is 85.2 Å². The molecule has 0 spiro atoms. The maximum Gasteiger partial charge on any atom is 0.329 e. The van der Waals surface area contributed by atoms with Crippen LogP contribution in [0.25, 0.3) is 0 Å². The van der Waals surface area contributed by atoms with Gasteiger partial charge in [-0.15, -0.1) is 0 Å². The molecule has 0 aromatic heterocycles. The lowest BCUT2D eigenvalue weighted by atomic mass is 9.82. The zero-order chi connectivity index (χ0) is 42.9. The topological polar surface area (TPSA) is 183 Å². The lowest BCUT2D eigenvalue weighted by Crippen LogP contribution is -2.71. The van der Waals surface area contributed by atoms with Crippen LogP contribution in [-0.2, 0) is 24.0 Å². The molecular formula is C42H70BrN5O7. The fraction of sp³-hybridized carbons (Fsp3) is 0.714. The highest BCUT2D eigenvalue weighted by Gasteiger charge is 2.49. The summed E-state index contributed by atoms with van der Waals surface area (Å²) in [5.41, 5.74) is -7.23. The molecule has 1 aromatic carbocycles. The van der Waals surface area contributed by atoms with E-state index in [1.807, 2.05) is 69.2 Å². The van der Waals surface area contributed by atoms with Crippen LogP contribution in [0.2, 0.25) is 0 Å². The smallest absolute Gasteiger partial charge is 0.329 e. The monoisotopic (exact) mass is 835 g/mol. The van der Waals surface area contributed by atoms with E-state index in [1.165, 1.54) is 6.92 Å². The summed E-state index contributed by atoms with van der Waals surface area (Å²) in [7, 11) is 0. The van der Waals surface area contributed by atoms with Crippen molar-refractivity contribution < 1.29 is 33.9 Å². The Morgan fingerprint density at radius 2 is 0.709 bits per heavy atom. The first-order chi connectivity index (χ1) is 24.9. The second-order valence-corrected chi connectivity index (χ2v) is 19.6. The third-order valence-electron chi connectivity index (χ3n) is 9.61. The van der Waals surface area contributed by atoms with E-state index in [2.05, 4.69) is 42.5 Å². The molecule has 55 heavy (non-hydrogen) atoms. The molecule has 12 nitrogen and oxygen atoms in total. The quantitative estimate of drug-likeness (QED) is 0.0792. The van der Waals surface area contributed by atoms with Crippen LogP contribution in [0.3, 0.4) is 0 Å². The second-order valence-electron chi connectivity index (χ2n) is 18.7. The van der Waals surface area contributed by atoms with Gasteiger partial charge in [0.15, 0.2) is 0 Å². The molecule has 5 amide bonds. The van der Waals surface area contributed by atoms with Crippen molar-refractivity contribution in [2.75, 3.05) is 0 Å². The van der Waals surface area contributed by atoms with Crippen LogP contribution in [0.4, 0.5) is 0 Å². The van der Waals surface area contributed by atoms with Crippen LogP contribution in [-0.4, -0.2) is 68.3 Å². The molecule has 6 N–H and O–H groups in total. The van der Waals surface area contributed by atoms with E-state index in [9.17, 15) is 33.9 Å². The van der Waals surface area contributed by atoms with Crippen molar-refractivity contribution in [3.8, 4) is 0 Å². The van der Waals surface area contributed by atoms with Crippen LogP contribution >= 0.6 is 15.9 Å². The van der Waals surface area contributed by atoms with Crippen molar-refractivity contribution >= 4 is 51.4 Å². The van der Waals surface area contributed by atoms with Crippen molar-refractivity contribution in [3.63, 3.8) is 0 Å². The summed E-state index contributed by atoms with van der Waals surface area (Å²) in [5.74, 6) is -4.33. The standard InChI is InChI=1S/C42H70BrN5O7/c1-25(2)20-38(11,44-32(49)30-16-18-31(43)19-17-30)33(50)45-39(12,21-26(3)4)34(51)46-40(13,22-27(5)6)35(52)47-41(14,23-28(7)8)36(53)48-42(15,37(54)55)24-29(9)10/h16-19,25-29H,20-24H2,1-15H3,(H,44,49)(H,45,50)(H,46,51)(H,47,52)(H,48,53)(H,54,55)/t38-,39-,40-,41-,42-/m0/s1. The Balaban J connectivity index is 3.62. The molecule has 0 radical (unpaired) electrons. The fourth-order valence-electron chi connectivity index (χ4n) is 7.55. The fourth-order valence-corrected chi connectivity index (χ4v) is 7.82. The summed E-state index contributed by atoms with van der Waals surface area (Å²) in [6.07, 6.45) is 1.03. The lowest BCUT2D eigenvalue weighted by molar-refractivity contribution is -0.149.